The zero-order valence-electron chi connectivity index (χ0n) is 7.42. The lowest BCUT2D eigenvalue weighted by atomic mass is 10.4. The fourth-order valence-electron chi connectivity index (χ4n) is 0.667. The van der Waals surface area contributed by atoms with Crippen molar-refractivity contribution in [2.45, 2.75) is 20.3 Å². The Labute approximate surface area is 68.3 Å². The normalized spacial score (nSPS) is 12.1. The highest BCUT2D eigenvalue weighted by Crippen LogP contribution is 2.08. The van der Waals surface area contributed by atoms with E-state index in [-0.39, 0.29) is 0 Å². The molecule has 0 spiro atoms. The molecule has 0 bridgehead atoms. The van der Waals surface area contributed by atoms with Crippen LogP contribution in [0.3, 0.4) is 0 Å². The summed E-state index contributed by atoms with van der Waals surface area (Å²) in [4.78, 5) is 4.07. The van der Waals surface area contributed by atoms with Crippen LogP contribution in [0.1, 0.15) is 20.3 Å². The van der Waals surface area contributed by atoms with Crippen LogP contribution in [-0.4, -0.2) is 13.3 Å². The third-order valence-electron chi connectivity index (χ3n) is 1.20. The van der Waals surface area contributed by atoms with Crippen LogP contribution in [0.5, 0.6) is 0 Å². The van der Waals surface area contributed by atoms with Gasteiger partial charge in [0.15, 0.2) is 0 Å². The summed E-state index contributed by atoms with van der Waals surface area (Å²) in [6.45, 7) is 7.66. The average Bonchev–Trinajstić information content (AvgIpc) is 2.03. The average molecular weight is 153 g/mol. The van der Waals surface area contributed by atoms with Gasteiger partial charge in [-0.15, -0.1) is 0 Å². The number of aliphatic imine (C=N–C) groups is 1. The van der Waals surface area contributed by atoms with E-state index in [1.165, 1.54) is 0 Å². The molecule has 0 saturated heterocycles. The summed E-state index contributed by atoms with van der Waals surface area (Å²) in [6.07, 6.45) is 4.57. The summed E-state index contributed by atoms with van der Waals surface area (Å²) < 4.78 is 5.01. The van der Waals surface area contributed by atoms with Gasteiger partial charge in [0.1, 0.15) is 5.76 Å². The predicted molar refractivity (Wildman–Crippen MR) is 48.7 cm³/mol. The van der Waals surface area contributed by atoms with Gasteiger partial charge in [0.25, 0.3) is 0 Å². The van der Waals surface area contributed by atoms with Gasteiger partial charge in [-0.2, -0.15) is 0 Å². The zero-order valence-corrected chi connectivity index (χ0v) is 7.42. The molecule has 0 aliphatic rings. The number of ether oxygens (including phenoxy) is 1. The molecule has 0 amide bonds. The van der Waals surface area contributed by atoms with Crippen LogP contribution in [0.4, 0.5) is 0 Å². The Kier molecular flexibility index (Phi) is 5.17. The predicted octanol–water partition coefficient (Wildman–Crippen LogP) is 2.53. The third-order valence-corrected chi connectivity index (χ3v) is 1.20. The van der Waals surface area contributed by atoms with E-state index < -0.39 is 0 Å². The van der Waals surface area contributed by atoms with Crippen molar-refractivity contribution in [3.63, 3.8) is 0 Å². The number of hydrogen-bond donors (Lipinski definition) is 0. The molecule has 0 saturated carbocycles. The number of hydrogen-bond acceptors (Lipinski definition) is 2. The summed E-state index contributed by atoms with van der Waals surface area (Å²) in [5.41, 5.74) is 0.678. The Morgan fingerprint density at radius 3 is 2.64 bits per heavy atom. The Bertz CT molecular complexity index is 180. The van der Waals surface area contributed by atoms with Crippen molar-refractivity contribution < 1.29 is 4.74 Å². The highest BCUT2D eigenvalue weighted by atomic mass is 16.5. The van der Waals surface area contributed by atoms with Crippen molar-refractivity contribution >= 4 is 6.21 Å². The Morgan fingerprint density at radius 1 is 1.64 bits per heavy atom. The second-order valence-corrected chi connectivity index (χ2v) is 2.02. The van der Waals surface area contributed by atoms with Crippen LogP contribution in [0.25, 0.3) is 0 Å². The highest BCUT2D eigenvalue weighted by molar-refractivity contribution is 5.59. The fraction of sp³-hybridized carbons (Fsp3) is 0.444. The quantitative estimate of drug-likeness (QED) is 0.345. The van der Waals surface area contributed by atoms with Crippen molar-refractivity contribution in [2.24, 2.45) is 4.99 Å². The van der Waals surface area contributed by atoms with Crippen molar-refractivity contribution in [2.75, 3.05) is 7.11 Å². The van der Waals surface area contributed by atoms with E-state index in [0.717, 1.165) is 12.2 Å². The van der Waals surface area contributed by atoms with Gasteiger partial charge < -0.3 is 4.74 Å². The van der Waals surface area contributed by atoms with Gasteiger partial charge >= 0.3 is 0 Å². The van der Waals surface area contributed by atoms with Gasteiger partial charge in [-0.05, 0) is 19.4 Å². The molecule has 0 rings (SSSR count). The number of allylic oxidation sites excluding steroid dienone is 1. The first kappa shape index (κ1) is 9.95. The molecule has 2 heteroatoms. The molecular weight excluding hydrogens is 138 g/mol. The van der Waals surface area contributed by atoms with Crippen LogP contribution in [0, 0.1) is 0 Å². The highest BCUT2D eigenvalue weighted by Gasteiger charge is 1.95. The first-order valence-electron chi connectivity index (χ1n) is 3.68. The summed E-state index contributed by atoms with van der Waals surface area (Å²) >= 11 is 0. The molecule has 0 radical (unpaired) electrons. The maximum Gasteiger partial charge on any atom is 0.139 e. The van der Waals surface area contributed by atoms with E-state index in [9.17, 15) is 0 Å². The van der Waals surface area contributed by atoms with Crippen LogP contribution in [0.2, 0.25) is 0 Å². The van der Waals surface area contributed by atoms with E-state index in [1.807, 2.05) is 26.1 Å². The van der Waals surface area contributed by atoms with Gasteiger partial charge in [0, 0.05) is 6.21 Å². The molecule has 11 heavy (non-hydrogen) atoms. The number of rotatable bonds is 4. The molecule has 0 aliphatic carbocycles. The lowest BCUT2D eigenvalue weighted by molar-refractivity contribution is 0.299. The molecule has 0 aromatic carbocycles. The van der Waals surface area contributed by atoms with Gasteiger partial charge in [-0.1, -0.05) is 13.5 Å². The first-order chi connectivity index (χ1) is 5.26. The lowest BCUT2D eigenvalue weighted by Crippen LogP contribution is -1.88. The molecule has 0 heterocycles. The molecule has 0 N–H and O–H groups in total. The number of nitrogens with zero attached hydrogens (tertiary/aromatic N) is 1. The maximum atomic E-state index is 5.01. The van der Waals surface area contributed by atoms with E-state index >= 15 is 0 Å². The van der Waals surface area contributed by atoms with Crippen LogP contribution in [-0.2, 0) is 4.74 Å². The number of methoxy groups -OCH3 is 1. The molecule has 0 aromatic rings. The van der Waals surface area contributed by atoms with E-state index in [4.69, 9.17) is 4.74 Å². The van der Waals surface area contributed by atoms with Crippen LogP contribution >= 0.6 is 0 Å². The maximum absolute atomic E-state index is 5.01. The fourth-order valence-corrected chi connectivity index (χ4v) is 0.667. The minimum Gasteiger partial charge on any atom is -0.495 e. The Hall–Kier alpha value is -1.05. The largest absolute Gasteiger partial charge is 0.495 e. The zero-order chi connectivity index (χ0) is 8.69. The van der Waals surface area contributed by atoms with Crippen molar-refractivity contribution in [3.8, 4) is 0 Å². The second kappa shape index (κ2) is 5.71. The second-order valence-electron chi connectivity index (χ2n) is 2.02. The van der Waals surface area contributed by atoms with Crippen LogP contribution in [0.15, 0.2) is 29.1 Å². The van der Waals surface area contributed by atoms with E-state index in [2.05, 4.69) is 11.6 Å². The molecule has 0 aromatic heterocycles. The summed E-state index contributed by atoms with van der Waals surface area (Å²) in [5, 5.41) is 0. The summed E-state index contributed by atoms with van der Waals surface area (Å²) in [7, 11) is 1.61. The smallest absolute Gasteiger partial charge is 0.139 e. The molecular formula is C9H15NO. The van der Waals surface area contributed by atoms with E-state index in [0.29, 0.717) is 5.70 Å². The molecule has 62 valence electrons. The topological polar surface area (TPSA) is 21.6 Å². The van der Waals surface area contributed by atoms with Gasteiger partial charge in [-0.3, -0.25) is 4.99 Å². The SMILES string of the molecule is C=C(N=CCC)/C(=C\C)OC. The minimum absolute atomic E-state index is 0.678. The standard InChI is InChI=1S/C9H15NO/c1-5-7-10-8(3)9(6-2)11-4/h6-7H,3,5H2,1-2,4H3/b9-6+,10-7?. The van der Waals surface area contributed by atoms with Crippen molar-refractivity contribution in [3.05, 3.63) is 24.1 Å². The third kappa shape index (κ3) is 3.61. The minimum atomic E-state index is 0.678. The van der Waals surface area contributed by atoms with Gasteiger partial charge in [-0.25, -0.2) is 0 Å². The molecule has 2 nitrogen and oxygen atoms in total. The van der Waals surface area contributed by atoms with Crippen molar-refractivity contribution in [1.29, 1.82) is 0 Å². The molecule has 0 unspecified atom stereocenters. The van der Waals surface area contributed by atoms with Gasteiger partial charge in [0.05, 0.1) is 12.8 Å². The monoisotopic (exact) mass is 153 g/mol. The molecule has 0 atom stereocenters. The van der Waals surface area contributed by atoms with E-state index in [1.54, 1.807) is 7.11 Å². The summed E-state index contributed by atoms with van der Waals surface area (Å²) in [5.74, 6) is 0.731. The Morgan fingerprint density at radius 2 is 2.27 bits per heavy atom. The van der Waals surface area contributed by atoms with Crippen LogP contribution < -0.4 is 0 Å². The molecule has 0 fully saturated rings. The lowest BCUT2D eigenvalue weighted by Gasteiger charge is -2.02. The molecule has 0 aliphatic heterocycles. The summed E-state index contributed by atoms with van der Waals surface area (Å²) in [6, 6.07) is 0. The van der Waals surface area contributed by atoms with Gasteiger partial charge in [0.2, 0.25) is 0 Å². The first-order valence-corrected chi connectivity index (χ1v) is 3.68. The van der Waals surface area contributed by atoms with Crippen molar-refractivity contribution in [1.82, 2.24) is 0 Å². The Balaban J connectivity index is 4.12.